The summed E-state index contributed by atoms with van der Waals surface area (Å²) in [5, 5.41) is 7.94. The fourth-order valence-electron chi connectivity index (χ4n) is 2.77. The van der Waals surface area contributed by atoms with Crippen LogP contribution in [0.25, 0.3) is 0 Å². The number of amides is 1. The Labute approximate surface area is 149 Å². The molecule has 8 heteroatoms. The second kappa shape index (κ2) is 7.59. The molecule has 1 N–H and O–H groups in total. The molecule has 0 unspecified atom stereocenters. The SMILES string of the molecule is CCn1cc(C(=O)Nc2ccsc2[C@@H](C)CC(C)C)c(C(F)(F)F)n1. The van der Waals surface area contributed by atoms with Crippen LogP contribution in [0.1, 0.15) is 61.0 Å². The maximum Gasteiger partial charge on any atom is 0.435 e. The zero-order chi connectivity index (χ0) is 18.8. The largest absolute Gasteiger partial charge is 0.435 e. The number of halogens is 3. The molecular formula is C17H22F3N3OS. The average molecular weight is 373 g/mol. The molecule has 2 rings (SSSR count). The van der Waals surface area contributed by atoms with Gasteiger partial charge in [-0.15, -0.1) is 11.3 Å². The Morgan fingerprint density at radius 2 is 2.04 bits per heavy atom. The Balaban J connectivity index is 2.27. The molecule has 25 heavy (non-hydrogen) atoms. The van der Waals surface area contributed by atoms with E-state index in [-0.39, 0.29) is 12.5 Å². The first kappa shape index (κ1) is 19.5. The van der Waals surface area contributed by atoms with Crippen molar-refractivity contribution < 1.29 is 18.0 Å². The van der Waals surface area contributed by atoms with E-state index in [4.69, 9.17) is 0 Å². The van der Waals surface area contributed by atoms with Gasteiger partial charge in [0.15, 0.2) is 5.69 Å². The third-order valence-corrected chi connectivity index (χ3v) is 4.96. The standard InChI is InChI=1S/C17H22F3N3OS/c1-5-23-9-12(15(22-23)17(18,19)20)16(24)21-13-6-7-25-14(13)11(4)8-10(2)3/h6-7,9-11H,5,8H2,1-4H3,(H,21,24)/t11-/m0/s1. The lowest BCUT2D eigenvalue weighted by molar-refractivity contribution is -0.141. The van der Waals surface area contributed by atoms with E-state index < -0.39 is 23.3 Å². The highest BCUT2D eigenvalue weighted by molar-refractivity contribution is 7.10. The molecule has 0 saturated heterocycles. The quantitative estimate of drug-likeness (QED) is 0.738. The van der Waals surface area contributed by atoms with E-state index in [1.165, 1.54) is 11.3 Å². The van der Waals surface area contributed by atoms with Gasteiger partial charge in [-0.3, -0.25) is 9.48 Å². The summed E-state index contributed by atoms with van der Waals surface area (Å²) in [5.41, 5.74) is -1.04. The van der Waals surface area contributed by atoms with Crippen LogP contribution in [-0.4, -0.2) is 15.7 Å². The van der Waals surface area contributed by atoms with E-state index in [9.17, 15) is 18.0 Å². The van der Waals surface area contributed by atoms with E-state index in [1.54, 1.807) is 13.0 Å². The maximum absolute atomic E-state index is 13.1. The van der Waals surface area contributed by atoms with Crippen molar-refractivity contribution in [3.8, 4) is 0 Å². The summed E-state index contributed by atoms with van der Waals surface area (Å²) >= 11 is 1.50. The third-order valence-electron chi connectivity index (χ3n) is 3.81. The molecule has 0 saturated carbocycles. The van der Waals surface area contributed by atoms with E-state index in [0.29, 0.717) is 11.6 Å². The van der Waals surface area contributed by atoms with E-state index in [0.717, 1.165) is 22.2 Å². The number of rotatable bonds is 6. The number of thiophene rings is 1. The molecule has 0 aromatic carbocycles. The number of hydrogen-bond acceptors (Lipinski definition) is 3. The van der Waals surface area contributed by atoms with Gasteiger partial charge in [-0.25, -0.2) is 0 Å². The van der Waals surface area contributed by atoms with Crippen LogP contribution in [0, 0.1) is 5.92 Å². The normalized spacial score (nSPS) is 13.3. The average Bonchev–Trinajstić information content (AvgIpc) is 3.11. The van der Waals surface area contributed by atoms with Crippen LogP contribution in [-0.2, 0) is 12.7 Å². The van der Waals surface area contributed by atoms with Crippen LogP contribution in [0.5, 0.6) is 0 Å². The number of nitrogens with zero attached hydrogens (tertiary/aromatic N) is 2. The molecule has 0 fully saturated rings. The number of aryl methyl sites for hydroxylation is 1. The zero-order valence-corrected chi connectivity index (χ0v) is 15.5. The summed E-state index contributed by atoms with van der Waals surface area (Å²) in [4.78, 5) is 13.4. The van der Waals surface area contributed by atoms with Gasteiger partial charge in [0.1, 0.15) is 0 Å². The van der Waals surface area contributed by atoms with Crippen LogP contribution in [0.4, 0.5) is 18.9 Å². The summed E-state index contributed by atoms with van der Waals surface area (Å²) in [6, 6.07) is 1.73. The maximum atomic E-state index is 13.1. The summed E-state index contributed by atoms with van der Waals surface area (Å²) < 4.78 is 40.5. The molecule has 0 radical (unpaired) electrons. The lowest BCUT2D eigenvalue weighted by Crippen LogP contribution is -2.18. The molecule has 2 heterocycles. The van der Waals surface area contributed by atoms with Crippen molar-refractivity contribution in [3.05, 3.63) is 33.8 Å². The predicted octanol–water partition coefficient (Wildman–Crippen LogP) is 5.39. The summed E-state index contributed by atoms with van der Waals surface area (Å²) in [5.74, 6) is -0.0838. The Bertz CT molecular complexity index is 734. The van der Waals surface area contributed by atoms with Gasteiger partial charge in [-0.1, -0.05) is 20.8 Å². The molecule has 0 aliphatic rings. The monoisotopic (exact) mass is 373 g/mol. The number of aromatic nitrogens is 2. The molecule has 4 nitrogen and oxygen atoms in total. The van der Waals surface area contributed by atoms with Gasteiger partial charge in [0.2, 0.25) is 0 Å². The number of carbonyl (C=O) groups is 1. The second-order valence-corrected chi connectivity index (χ2v) is 7.38. The van der Waals surface area contributed by atoms with Gasteiger partial charge in [0.25, 0.3) is 5.91 Å². The summed E-state index contributed by atoms with van der Waals surface area (Å²) in [6.45, 7) is 8.19. The van der Waals surface area contributed by atoms with Crippen LogP contribution in [0.15, 0.2) is 17.6 Å². The van der Waals surface area contributed by atoms with Gasteiger partial charge in [0, 0.05) is 17.6 Å². The summed E-state index contributed by atoms with van der Waals surface area (Å²) in [7, 11) is 0. The number of hydrogen-bond donors (Lipinski definition) is 1. The third kappa shape index (κ3) is 4.62. The van der Waals surface area contributed by atoms with Gasteiger partial charge in [-0.2, -0.15) is 18.3 Å². The van der Waals surface area contributed by atoms with Crippen molar-refractivity contribution >= 4 is 22.9 Å². The molecule has 0 spiro atoms. The second-order valence-electron chi connectivity index (χ2n) is 6.43. The predicted molar refractivity (Wildman–Crippen MR) is 93.0 cm³/mol. The van der Waals surface area contributed by atoms with E-state index >= 15 is 0 Å². The van der Waals surface area contributed by atoms with E-state index in [1.807, 2.05) is 5.38 Å². The molecule has 0 aliphatic carbocycles. The van der Waals surface area contributed by atoms with Gasteiger partial charge >= 0.3 is 6.18 Å². The van der Waals surface area contributed by atoms with Crippen LogP contribution in [0.2, 0.25) is 0 Å². The fourth-order valence-corrected chi connectivity index (χ4v) is 3.69. The molecule has 0 aliphatic heterocycles. The molecule has 138 valence electrons. The van der Waals surface area contributed by atoms with Crippen molar-refractivity contribution in [2.75, 3.05) is 5.32 Å². The summed E-state index contributed by atoms with van der Waals surface area (Å²) in [6.07, 6.45) is -2.60. The van der Waals surface area contributed by atoms with Crippen molar-refractivity contribution in [2.45, 2.75) is 52.8 Å². The molecule has 2 aromatic heterocycles. The minimum Gasteiger partial charge on any atom is -0.321 e. The fraction of sp³-hybridized carbons (Fsp3) is 0.529. The van der Waals surface area contributed by atoms with Gasteiger partial charge in [0.05, 0.1) is 11.3 Å². The smallest absolute Gasteiger partial charge is 0.321 e. The number of carbonyl (C=O) groups excluding carboxylic acids is 1. The Morgan fingerprint density at radius 3 is 2.60 bits per heavy atom. The van der Waals surface area contributed by atoms with Crippen LogP contribution >= 0.6 is 11.3 Å². The topological polar surface area (TPSA) is 46.9 Å². The van der Waals surface area contributed by atoms with Crippen LogP contribution in [0.3, 0.4) is 0 Å². The first-order chi connectivity index (χ1) is 11.6. The first-order valence-electron chi connectivity index (χ1n) is 8.16. The highest BCUT2D eigenvalue weighted by Crippen LogP contribution is 2.35. The van der Waals surface area contributed by atoms with Gasteiger partial charge < -0.3 is 5.32 Å². The van der Waals surface area contributed by atoms with Crippen molar-refractivity contribution in [2.24, 2.45) is 5.92 Å². The minimum absolute atomic E-state index is 0.218. The lowest BCUT2D eigenvalue weighted by atomic mass is 9.97. The Kier molecular flexibility index (Phi) is 5.92. The molecule has 1 atom stereocenters. The number of nitrogens with one attached hydrogen (secondary N) is 1. The minimum atomic E-state index is -4.67. The molecular weight excluding hydrogens is 351 g/mol. The van der Waals surface area contributed by atoms with Gasteiger partial charge in [-0.05, 0) is 36.6 Å². The Morgan fingerprint density at radius 1 is 1.36 bits per heavy atom. The lowest BCUT2D eigenvalue weighted by Gasteiger charge is -2.15. The van der Waals surface area contributed by atoms with Crippen molar-refractivity contribution in [3.63, 3.8) is 0 Å². The zero-order valence-electron chi connectivity index (χ0n) is 14.6. The van der Waals surface area contributed by atoms with Crippen molar-refractivity contribution in [1.29, 1.82) is 0 Å². The van der Waals surface area contributed by atoms with Crippen LogP contribution < -0.4 is 5.32 Å². The highest BCUT2D eigenvalue weighted by Gasteiger charge is 2.39. The van der Waals surface area contributed by atoms with E-state index in [2.05, 4.69) is 31.2 Å². The van der Waals surface area contributed by atoms with Crippen molar-refractivity contribution in [1.82, 2.24) is 9.78 Å². The molecule has 1 amide bonds. The molecule has 0 bridgehead atoms. The molecule has 2 aromatic rings. The Hall–Kier alpha value is -1.83. The highest BCUT2D eigenvalue weighted by atomic mass is 32.1. The number of alkyl halides is 3. The number of anilines is 1. The first-order valence-corrected chi connectivity index (χ1v) is 9.04.